The standard InChI is InChI=1S/C18H12N2O4/c21-11-2-4-15-12(7-11)10(8-19-15)6-14-13-5-9(18(23)24)1-3-16(13)20-17(14)22/h1-8,19,21H,(H,20,22)(H,23,24). The lowest BCUT2D eigenvalue weighted by Crippen LogP contribution is -2.03. The topological polar surface area (TPSA) is 102 Å². The summed E-state index contributed by atoms with van der Waals surface area (Å²) in [6, 6.07) is 9.45. The molecule has 2 heterocycles. The number of amides is 1. The fourth-order valence-corrected chi connectivity index (χ4v) is 2.87. The van der Waals surface area contributed by atoms with Crippen molar-refractivity contribution < 1.29 is 19.8 Å². The van der Waals surface area contributed by atoms with Gasteiger partial charge in [-0.1, -0.05) is 0 Å². The van der Waals surface area contributed by atoms with Crippen molar-refractivity contribution in [3.63, 3.8) is 0 Å². The van der Waals surface area contributed by atoms with E-state index in [9.17, 15) is 14.7 Å². The average molecular weight is 320 g/mol. The molecule has 0 spiro atoms. The second-order valence-corrected chi connectivity index (χ2v) is 5.55. The van der Waals surface area contributed by atoms with Gasteiger partial charge in [0.25, 0.3) is 5.91 Å². The van der Waals surface area contributed by atoms with Gasteiger partial charge < -0.3 is 20.5 Å². The summed E-state index contributed by atoms with van der Waals surface area (Å²) in [5, 5.41) is 22.3. The molecule has 0 saturated carbocycles. The van der Waals surface area contributed by atoms with Gasteiger partial charge >= 0.3 is 5.97 Å². The Morgan fingerprint density at radius 1 is 1.12 bits per heavy atom. The van der Waals surface area contributed by atoms with Gasteiger partial charge in [0.15, 0.2) is 0 Å². The molecule has 0 bridgehead atoms. The van der Waals surface area contributed by atoms with E-state index in [0.717, 1.165) is 16.5 Å². The van der Waals surface area contributed by atoms with Gasteiger partial charge in [-0.3, -0.25) is 4.79 Å². The first-order chi connectivity index (χ1) is 11.5. The van der Waals surface area contributed by atoms with Crippen LogP contribution in [0.15, 0.2) is 42.6 Å². The SMILES string of the molecule is O=C1Nc2ccc(C(=O)O)cc2C1=Cc1c[nH]c2ccc(O)cc12. The number of aromatic carboxylic acids is 1. The largest absolute Gasteiger partial charge is 0.508 e. The van der Waals surface area contributed by atoms with Crippen molar-refractivity contribution in [3.05, 3.63) is 59.3 Å². The first-order valence-electron chi connectivity index (χ1n) is 7.24. The maximum Gasteiger partial charge on any atom is 0.335 e. The van der Waals surface area contributed by atoms with Crippen molar-refractivity contribution in [1.29, 1.82) is 0 Å². The molecular weight excluding hydrogens is 308 g/mol. The number of phenols is 1. The molecule has 0 aliphatic carbocycles. The number of benzene rings is 2. The number of rotatable bonds is 2. The van der Waals surface area contributed by atoms with Crippen molar-refractivity contribution in [2.75, 3.05) is 5.32 Å². The molecule has 0 radical (unpaired) electrons. The Bertz CT molecular complexity index is 1050. The van der Waals surface area contributed by atoms with Gasteiger partial charge in [-0.05, 0) is 42.5 Å². The predicted molar refractivity (Wildman–Crippen MR) is 89.9 cm³/mol. The minimum absolute atomic E-state index is 0.118. The van der Waals surface area contributed by atoms with Crippen LogP contribution in [-0.4, -0.2) is 27.1 Å². The van der Waals surface area contributed by atoms with E-state index in [1.54, 1.807) is 36.5 Å². The molecule has 0 unspecified atom stereocenters. The number of carboxylic acids is 1. The van der Waals surface area contributed by atoms with E-state index in [1.165, 1.54) is 12.1 Å². The summed E-state index contributed by atoms with van der Waals surface area (Å²) in [6.07, 6.45) is 3.43. The molecule has 6 heteroatoms. The fraction of sp³-hybridized carbons (Fsp3) is 0. The van der Waals surface area contributed by atoms with E-state index in [4.69, 9.17) is 5.11 Å². The van der Waals surface area contributed by atoms with Crippen molar-refractivity contribution in [3.8, 4) is 5.75 Å². The number of phenolic OH excluding ortho intramolecular Hbond substituents is 1. The van der Waals surface area contributed by atoms with Crippen molar-refractivity contribution in [2.45, 2.75) is 0 Å². The van der Waals surface area contributed by atoms with Crippen LogP contribution in [0.25, 0.3) is 22.6 Å². The van der Waals surface area contributed by atoms with Gasteiger partial charge in [-0.25, -0.2) is 4.79 Å². The molecule has 3 aromatic rings. The summed E-state index contributed by atoms with van der Waals surface area (Å²) < 4.78 is 0. The molecule has 4 N–H and O–H groups in total. The molecular formula is C18H12N2O4. The summed E-state index contributed by atoms with van der Waals surface area (Å²) in [4.78, 5) is 26.5. The maximum atomic E-state index is 12.3. The summed E-state index contributed by atoms with van der Waals surface area (Å²) >= 11 is 0. The number of hydrogen-bond acceptors (Lipinski definition) is 3. The highest BCUT2D eigenvalue weighted by Gasteiger charge is 2.25. The Morgan fingerprint density at radius 3 is 2.75 bits per heavy atom. The number of aromatic hydroxyl groups is 1. The van der Waals surface area contributed by atoms with Crippen LogP contribution in [0.4, 0.5) is 5.69 Å². The summed E-state index contributed by atoms with van der Waals surface area (Å²) in [5.41, 5.74) is 3.20. The number of carbonyl (C=O) groups excluding carboxylic acids is 1. The highest BCUT2D eigenvalue weighted by molar-refractivity contribution is 6.35. The first kappa shape index (κ1) is 14.1. The van der Waals surface area contributed by atoms with Crippen molar-refractivity contribution >= 4 is 40.1 Å². The number of nitrogens with one attached hydrogen (secondary N) is 2. The van der Waals surface area contributed by atoms with Gasteiger partial charge in [0.1, 0.15) is 5.75 Å². The Kier molecular flexibility index (Phi) is 2.93. The molecule has 4 rings (SSSR count). The molecule has 1 aromatic heterocycles. The molecule has 0 saturated heterocycles. The minimum Gasteiger partial charge on any atom is -0.508 e. The summed E-state index contributed by atoms with van der Waals surface area (Å²) in [5.74, 6) is -1.21. The number of hydrogen-bond donors (Lipinski definition) is 4. The summed E-state index contributed by atoms with van der Waals surface area (Å²) in [7, 11) is 0. The Morgan fingerprint density at radius 2 is 1.96 bits per heavy atom. The number of carbonyl (C=O) groups is 2. The lowest BCUT2D eigenvalue weighted by Gasteiger charge is -2.01. The van der Waals surface area contributed by atoms with E-state index in [2.05, 4.69) is 10.3 Å². The number of fused-ring (bicyclic) bond motifs is 2. The molecule has 2 aromatic carbocycles. The number of carboxylic acid groups (broad SMARTS) is 1. The fourth-order valence-electron chi connectivity index (χ4n) is 2.87. The third kappa shape index (κ3) is 2.13. The zero-order valence-electron chi connectivity index (χ0n) is 12.3. The maximum absolute atomic E-state index is 12.3. The smallest absolute Gasteiger partial charge is 0.335 e. The lowest BCUT2D eigenvalue weighted by molar-refractivity contribution is -0.110. The van der Waals surface area contributed by atoms with Gasteiger partial charge in [-0.15, -0.1) is 0 Å². The number of aromatic amines is 1. The van der Waals surface area contributed by atoms with Crippen LogP contribution in [0.1, 0.15) is 21.5 Å². The third-order valence-electron chi connectivity index (χ3n) is 4.05. The highest BCUT2D eigenvalue weighted by Crippen LogP contribution is 2.35. The van der Waals surface area contributed by atoms with E-state index in [-0.39, 0.29) is 17.2 Å². The minimum atomic E-state index is -1.05. The van der Waals surface area contributed by atoms with Crippen molar-refractivity contribution in [1.82, 2.24) is 4.98 Å². The van der Waals surface area contributed by atoms with Crippen LogP contribution in [0.2, 0.25) is 0 Å². The predicted octanol–water partition coefficient (Wildman–Crippen LogP) is 3.06. The van der Waals surface area contributed by atoms with Crippen LogP contribution >= 0.6 is 0 Å². The summed E-state index contributed by atoms with van der Waals surface area (Å²) in [6.45, 7) is 0. The van der Waals surface area contributed by atoms with Gasteiger partial charge in [0, 0.05) is 39.5 Å². The number of H-pyrrole nitrogens is 1. The quantitative estimate of drug-likeness (QED) is 0.545. The second-order valence-electron chi connectivity index (χ2n) is 5.55. The third-order valence-corrected chi connectivity index (χ3v) is 4.05. The van der Waals surface area contributed by atoms with Crippen LogP contribution in [0, 0.1) is 0 Å². The van der Waals surface area contributed by atoms with E-state index >= 15 is 0 Å². The average Bonchev–Trinajstić information content (AvgIpc) is 3.08. The van der Waals surface area contributed by atoms with Crippen LogP contribution in [0.3, 0.4) is 0 Å². The second kappa shape index (κ2) is 4.99. The number of aromatic nitrogens is 1. The van der Waals surface area contributed by atoms with Crippen LogP contribution < -0.4 is 5.32 Å². The first-order valence-corrected chi connectivity index (χ1v) is 7.24. The molecule has 1 amide bonds. The number of anilines is 1. The molecule has 118 valence electrons. The van der Waals surface area contributed by atoms with E-state index in [0.29, 0.717) is 16.8 Å². The Balaban J connectivity index is 1.89. The zero-order valence-corrected chi connectivity index (χ0v) is 12.3. The molecule has 1 aliphatic rings. The molecule has 24 heavy (non-hydrogen) atoms. The molecule has 0 atom stereocenters. The van der Waals surface area contributed by atoms with Crippen LogP contribution in [0.5, 0.6) is 5.75 Å². The lowest BCUT2D eigenvalue weighted by atomic mass is 10.0. The monoisotopic (exact) mass is 320 g/mol. The normalized spacial score (nSPS) is 14.8. The highest BCUT2D eigenvalue weighted by atomic mass is 16.4. The van der Waals surface area contributed by atoms with Crippen LogP contribution in [-0.2, 0) is 4.79 Å². The van der Waals surface area contributed by atoms with Gasteiger partial charge in [0.05, 0.1) is 5.56 Å². The van der Waals surface area contributed by atoms with Gasteiger partial charge in [0.2, 0.25) is 0 Å². The molecule has 6 nitrogen and oxygen atoms in total. The van der Waals surface area contributed by atoms with E-state index in [1.807, 2.05) is 0 Å². The zero-order chi connectivity index (χ0) is 16.8. The Hall–Kier alpha value is -3.54. The van der Waals surface area contributed by atoms with Gasteiger partial charge in [-0.2, -0.15) is 0 Å². The molecule has 1 aliphatic heterocycles. The Labute approximate surface area is 136 Å². The van der Waals surface area contributed by atoms with Crippen molar-refractivity contribution in [2.24, 2.45) is 0 Å². The molecule has 0 fully saturated rings. The van der Waals surface area contributed by atoms with E-state index < -0.39 is 5.97 Å².